The van der Waals surface area contributed by atoms with Crippen molar-refractivity contribution in [3.8, 4) is 0 Å². The highest BCUT2D eigenvalue weighted by molar-refractivity contribution is 5.14. The lowest BCUT2D eigenvalue weighted by atomic mass is 9.99. The fourth-order valence-electron chi connectivity index (χ4n) is 2.37. The van der Waals surface area contributed by atoms with Crippen molar-refractivity contribution in [1.82, 2.24) is 0 Å². The van der Waals surface area contributed by atoms with E-state index in [9.17, 15) is 0 Å². The third kappa shape index (κ3) is 11.8. The largest absolute Gasteiger partial charge is 0.376 e. The van der Waals surface area contributed by atoms with E-state index < -0.39 is 0 Å². The van der Waals surface area contributed by atoms with Crippen LogP contribution in [0, 0.1) is 11.8 Å². The molecule has 0 bridgehead atoms. The Morgan fingerprint density at radius 2 is 1.41 bits per heavy atom. The molecule has 0 aliphatic heterocycles. The summed E-state index contributed by atoms with van der Waals surface area (Å²) in [4.78, 5) is 0. The summed E-state index contributed by atoms with van der Waals surface area (Å²) in [5.41, 5.74) is 1.46. The van der Waals surface area contributed by atoms with Crippen LogP contribution in [-0.4, -0.2) is 12.2 Å². The molecule has 0 N–H and O–H groups in total. The topological polar surface area (TPSA) is 9.23 Å². The molecule has 22 heavy (non-hydrogen) atoms. The number of benzene rings is 1. The first-order chi connectivity index (χ1) is 10.4. The SMILES string of the molecule is CCC(C)Cc1ccccc1.CCC(C)OC(C)CC(C)C. The lowest BCUT2D eigenvalue weighted by molar-refractivity contribution is -0.00337. The van der Waals surface area contributed by atoms with Gasteiger partial charge in [0.2, 0.25) is 0 Å². The van der Waals surface area contributed by atoms with E-state index in [-0.39, 0.29) is 0 Å². The van der Waals surface area contributed by atoms with Gasteiger partial charge in [-0.1, -0.05) is 71.4 Å². The van der Waals surface area contributed by atoms with Gasteiger partial charge in [0.05, 0.1) is 12.2 Å². The molecule has 1 nitrogen and oxygen atoms in total. The van der Waals surface area contributed by atoms with Crippen LogP contribution in [0.2, 0.25) is 0 Å². The van der Waals surface area contributed by atoms with Crippen LogP contribution in [0.4, 0.5) is 0 Å². The minimum Gasteiger partial charge on any atom is -0.376 e. The number of hydrogen-bond donors (Lipinski definition) is 0. The average Bonchev–Trinajstić information content (AvgIpc) is 2.47. The van der Waals surface area contributed by atoms with Gasteiger partial charge in [0.25, 0.3) is 0 Å². The molecule has 0 amide bonds. The van der Waals surface area contributed by atoms with Crippen molar-refractivity contribution in [3.05, 3.63) is 35.9 Å². The zero-order valence-corrected chi connectivity index (χ0v) is 15.9. The third-order valence-electron chi connectivity index (χ3n) is 3.97. The highest BCUT2D eigenvalue weighted by atomic mass is 16.5. The predicted molar refractivity (Wildman–Crippen MR) is 99.4 cm³/mol. The molecule has 0 radical (unpaired) electrons. The smallest absolute Gasteiger partial charge is 0.0553 e. The molecule has 128 valence electrons. The molecule has 1 aromatic carbocycles. The minimum absolute atomic E-state index is 0.420. The van der Waals surface area contributed by atoms with E-state index in [0.717, 1.165) is 18.3 Å². The van der Waals surface area contributed by atoms with E-state index in [1.165, 1.54) is 24.8 Å². The van der Waals surface area contributed by atoms with Crippen LogP contribution in [-0.2, 0) is 11.2 Å². The van der Waals surface area contributed by atoms with E-state index in [4.69, 9.17) is 4.74 Å². The fourth-order valence-corrected chi connectivity index (χ4v) is 2.37. The second kappa shape index (κ2) is 12.7. The van der Waals surface area contributed by atoms with Gasteiger partial charge in [-0.25, -0.2) is 0 Å². The summed E-state index contributed by atoms with van der Waals surface area (Å²) < 4.78 is 5.71. The lowest BCUT2D eigenvalue weighted by Gasteiger charge is -2.19. The molecule has 1 rings (SSSR count). The third-order valence-corrected chi connectivity index (χ3v) is 3.97. The number of hydrogen-bond acceptors (Lipinski definition) is 1. The minimum atomic E-state index is 0.420. The summed E-state index contributed by atoms with van der Waals surface area (Å²) in [6, 6.07) is 10.7. The molecule has 0 aromatic heterocycles. The van der Waals surface area contributed by atoms with Crippen LogP contribution in [0.25, 0.3) is 0 Å². The standard InChI is InChI=1S/C11H16.C10H22O/c1-3-10(2)9-11-7-5-4-6-8-11;1-6-9(4)11-10(5)7-8(2)3/h4-8,10H,3,9H2,1-2H3;8-10H,6-7H2,1-5H3. The maximum atomic E-state index is 5.71. The van der Waals surface area contributed by atoms with Crippen molar-refractivity contribution < 1.29 is 4.74 Å². The Morgan fingerprint density at radius 1 is 0.818 bits per heavy atom. The quantitative estimate of drug-likeness (QED) is 0.532. The summed E-state index contributed by atoms with van der Waals surface area (Å²) in [6.07, 6.45) is 5.62. The van der Waals surface area contributed by atoms with E-state index in [1.54, 1.807) is 0 Å². The van der Waals surface area contributed by atoms with Crippen molar-refractivity contribution in [2.75, 3.05) is 0 Å². The lowest BCUT2D eigenvalue weighted by Crippen LogP contribution is -2.17. The molecule has 3 unspecified atom stereocenters. The molecule has 0 heterocycles. The molecule has 0 spiro atoms. The summed E-state index contributed by atoms with van der Waals surface area (Å²) in [5, 5.41) is 0. The van der Waals surface area contributed by atoms with Crippen molar-refractivity contribution in [1.29, 1.82) is 0 Å². The van der Waals surface area contributed by atoms with Gasteiger partial charge in [-0.05, 0) is 50.5 Å². The molecular formula is C21H38O. The van der Waals surface area contributed by atoms with Crippen molar-refractivity contribution in [3.63, 3.8) is 0 Å². The van der Waals surface area contributed by atoms with Crippen molar-refractivity contribution >= 4 is 0 Å². The van der Waals surface area contributed by atoms with Gasteiger partial charge in [-0.3, -0.25) is 0 Å². The second-order valence-corrected chi connectivity index (χ2v) is 7.00. The Bertz CT molecular complexity index is 344. The van der Waals surface area contributed by atoms with Crippen LogP contribution in [0.3, 0.4) is 0 Å². The first-order valence-corrected chi connectivity index (χ1v) is 9.08. The van der Waals surface area contributed by atoms with Gasteiger partial charge in [0.15, 0.2) is 0 Å². The molecule has 0 fully saturated rings. The highest BCUT2D eigenvalue weighted by Gasteiger charge is 2.08. The van der Waals surface area contributed by atoms with E-state index in [0.29, 0.717) is 12.2 Å². The van der Waals surface area contributed by atoms with Crippen LogP contribution in [0.15, 0.2) is 30.3 Å². The average molecular weight is 307 g/mol. The molecule has 1 aromatic rings. The van der Waals surface area contributed by atoms with Gasteiger partial charge in [0.1, 0.15) is 0 Å². The summed E-state index contributed by atoms with van der Waals surface area (Å²) in [6.45, 7) is 15.5. The van der Waals surface area contributed by atoms with Crippen LogP contribution < -0.4 is 0 Å². The van der Waals surface area contributed by atoms with E-state index in [2.05, 4.69) is 78.8 Å². The van der Waals surface area contributed by atoms with Gasteiger partial charge in [0, 0.05) is 0 Å². The van der Waals surface area contributed by atoms with Crippen molar-refractivity contribution in [2.24, 2.45) is 11.8 Å². The zero-order chi connectivity index (χ0) is 17.0. The number of rotatable bonds is 8. The summed E-state index contributed by atoms with van der Waals surface area (Å²) in [5.74, 6) is 1.56. The number of ether oxygens (including phenoxy) is 1. The van der Waals surface area contributed by atoms with Gasteiger partial charge in [-0.2, -0.15) is 0 Å². The molecule has 0 aliphatic carbocycles. The Kier molecular flexibility index (Phi) is 12.2. The Hall–Kier alpha value is -0.820. The van der Waals surface area contributed by atoms with Gasteiger partial charge in [-0.15, -0.1) is 0 Å². The highest BCUT2D eigenvalue weighted by Crippen LogP contribution is 2.11. The van der Waals surface area contributed by atoms with Crippen LogP contribution in [0.1, 0.15) is 73.3 Å². The zero-order valence-electron chi connectivity index (χ0n) is 15.9. The Labute approximate surface area is 139 Å². The normalized spacial score (nSPS) is 14.9. The first-order valence-electron chi connectivity index (χ1n) is 9.08. The fraction of sp³-hybridized carbons (Fsp3) is 0.714. The Morgan fingerprint density at radius 3 is 1.86 bits per heavy atom. The van der Waals surface area contributed by atoms with Crippen LogP contribution in [0.5, 0.6) is 0 Å². The van der Waals surface area contributed by atoms with E-state index >= 15 is 0 Å². The molecule has 1 heteroatoms. The van der Waals surface area contributed by atoms with Crippen molar-refractivity contribution in [2.45, 2.75) is 86.4 Å². The molecule has 0 saturated heterocycles. The molecule has 0 saturated carbocycles. The predicted octanol–water partition coefficient (Wildman–Crippen LogP) is 6.51. The molecule has 3 atom stereocenters. The Balaban J connectivity index is 0.000000401. The summed E-state index contributed by atoms with van der Waals surface area (Å²) in [7, 11) is 0. The maximum absolute atomic E-state index is 5.71. The van der Waals surface area contributed by atoms with E-state index in [1.807, 2.05) is 0 Å². The maximum Gasteiger partial charge on any atom is 0.0553 e. The van der Waals surface area contributed by atoms with Gasteiger partial charge < -0.3 is 4.74 Å². The van der Waals surface area contributed by atoms with Gasteiger partial charge >= 0.3 is 0 Å². The first kappa shape index (κ1) is 21.2. The molecule has 0 aliphatic rings. The molecular weight excluding hydrogens is 268 g/mol. The monoisotopic (exact) mass is 306 g/mol. The van der Waals surface area contributed by atoms with Crippen LogP contribution >= 0.6 is 0 Å². The summed E-state index contributed by atoms with van der Waals surface area (Å²) >= 11 is 0. The second-order valence-electron chi connectivity index (χ2n) is 7.00.